The third-order valence-corrected chi connectivity index (χ3v) is 2.94. The molecular weight excluding hydrogens is 244 g/mol. The van der Waals surface area contributed by atoms with E-state index in [1.807, 2.05) is 37.5 Å². The molecule has 0 aliphatic rings. The zero-order valence-corrected chi connectivity index (χ0v) is 11.3. The molecule has 1 unspecified atom stereocenters. The average molecular weight is 262 g/mol. The highest BCUT2D eigenvalue weighted by Crippen LogP contribution is 2.31. The minimum Gasteiger partial charge on any atom is -0.497 e. The van der Waals surface area contributed by atoms with Crippen molar-refractivity contribution in [3.8, 4) is 11.5 Å². The van der Waals surface area contributed by atoms with Crippen LogP contribution < -0.4 is 20.7 Å². The molecule has 0 fully saturated rings. The molecule has 1 atom stereocenters. The Hall–Kier alpha value is -2.05. The molecule has 6 nitrogen and oxygen atoms in total. The molecule has 1 aromatic carbocycles. The van der Waals surface area contributed by atoms with Gasteiger partial charge in [0.05, 0.1) is 26.0 Å². The highest BCUT2D eigenvalue weighted by Gasteiger charge is 2.20. The van der Waals surface area contributed by atoms with Crippen LogP contribution in [0.15, 0.2) is 30.5 Å². The van der Waals surface area contributed by atoms with Gasteiger partial charge in [0.15, 0.2) is 0 Å². The lowest BCUT2D eigenvalue weighted by Gasteiger charge is -2.18. The van der Waals surface area contributed by atoms with E-state index in [1.54, 1.807) is 18.9 Å². The number of nitrogens with one attached hydrogen (secondary N) is 1. The summed E-state index contributed by atoms with van der Waals surface area (Å²) < 4.78 is 12.3. The van der Waals surface area contributed by atoms with Crippen molar-refractivity contribution in [1.82, 2.24) is 15.2 Å². The van der Waals surface area contributed by atoms with Crippen LogP contribution in [0.2, 0.25) is 0 Å². The average Bonchev–Trinajstić information content (AvgIpc) is 2.86. The second kappa shape index (κ2) is 5.73. The van der Waals surface area contributed by atoms with Gasteiger partial charge in [-0.3, -0.25) is 10.5 Å². The zero-order chi connectivity index (χ0) is 13.8. The van der Waals surface area contributed by atoms with Gasteiger partial charge in [0.25, 0.3) is 0 Å². The molecule has 0 saturated carbocycles. The van der Waals surface area contributed by atoms with E-state index in [9.17, 15) is 0 Å². The molecule has 0 spiro atoms. The van der Waals surface area contributed by atoms with Crippen LogP contribution in [0.4, 0.5) is 0 Å². The normalized spacial score (nSPS) is 12.2. The largest absolute Gasteiger partial charge is 0.497 e. The van der Waals surface area contributed by atoms with Gasteiger partial charge in [0, 0.05) is 18.8 Å². The molecule has 0 aliphatic carbocycles. The number of ether oxygens (including phenoxy) is 2. The Balaban J connectivity index is 2.47. The first kappa shape index (κ1) is 13.4. The van der Waals surface area contributed by atoms with E-state index in [1.165, 1.54) is 0 Å². The quantitative estimate of drug-likeness (QED) is 0.621. The van der Waals surface area contributed by atoms with Crippen molar-refractivity contribution in [3.05, 3.63) is 41.7 Å². The van der Waals surface area contributed by atoms with Gasteiger partial charge < -0.3 is 9.47 Å². The van der Waals surface area contributed by atoms with Gasteiger partial charge in [-0.05, 0) is 24.3 Å². The summed E-state index contributed by atoms with van der Waals surface area (Å²) in [6.07, 6.45) is 1.87. The summed E-state index contributed by atoms with van der Waals surface area (Å²) in [7, 11) is 5.11. The number of aromatic nitrogens is 2. The Bertz CT molecular complexity index is 553. The minimum absolute atomic E-state index is 0.258. The highest BCUT2D eigenvalue weighted by molar-refractivity contribution is 5.44. The van der Waals surface area contributed by atoms with Gasteiger partial charge in [0.2, 0.25) is 0 Å². The number of hydrazine groups is 1. The van der Waals surface area contributed by atoms with Crippen LogP contribution in [0.5, 0.6) is 11.5 Å². The van der Waals surface area contributed by atoms with E-state index < -0.39 is 0 Å². The lowest BCUT2D eigenvalue weighted by molar-refractivity contribution is 0.393. The molecule has 2 rings (SSSR count). The van der Waals surface area contributed by atoms with Crippen molar-refractivity contribution < 1.29 is 9.47 Å². The van der Waals surface area contributed by atoms with Crippen molar-refractivity contribution in [3.63, 3.8) is 0 Å². The summed E-state index contributed by atoms with van der Waals surface area (Å²) in [5, 5.41) is 4.37. The standard InChI is InChI=1S/C13H18N4O2/c1-17-7-6-11(16-17)13(15-14)10-8-9(18-2)4-5-12(10)19-3/h4-8,13,15H,14H2,1-3H3. The van der Waals surface area contributed by atoms with Crippen LogP contribution in [-0.4, -0.2) is 24.0 Å². The second-order valence-electron chi connectivity index (χ2n) is 4.12. The fraction of sp³-hybridized carbons (Fsp3) is 0.308. The number of nitrogens with zero attached hydrogens (tertiary/aromatic N) is 2. The van der Waals surface area contributed by atoms with Gasteiger partial charge in [-0.1, -0.05) is 0 Å². The third-order valence-electron chi connectivity index (χ3n) is 2.94. The Morgan fingerprint density at radius 3 is 2.58 bits per heavy atom. The second-order valence-corrected chi connectivity index (χ2v) is 4.12. The van der Waals surface area contributed by atoms with Crippen molar-refractivity contribution in [2.24, 2.45) is 12.9 Å². The van der Waals surface area contributed by atoms with Crippen molar-refractivity contribution in [2.45, 2.75) is 6.04 Å². The predicted molar refractivity (Wildman–Crippen MR) is 71.9 cm³/mol. The molecule has 1 aromatic heterocycles. The van der Waals surface area contributed by atoms with Gasteiger partial charge in [0.1, 0.15) is 11.5 Å². The Morgan fingerprint density at radius 1 is 1.26 bits per heavy atom. The Kier molecular flexibility index (Phi) is 4.03. The van der Waals surface area contributed by atoms with E-state index in [0.29, 0.717) is 0 Å². The fourth-order valence-electron chi connectivity index (χ4n) is 1.99. The Morgan fingerprint density at radius 2 is 2.05 bits per heavy atom. The molecule has 102 valence electrons. The first-order valence-electron chi connectivity index (χ1n) is 5.87. The van der Waals surface area contributed by atoms with Crippen molar-refractivity contribution in [2.75, 3.05) is 14.2 Å². The van der Waals surface area contributed by atoms with Crippen LogP contribution in [0.25, 0.3) is 0 Å². The smallest absolute Gasteiger partial charge is 0.124 e. The van der Waals surface area contributed by atoms with Crippen LogP contribution in [0.1, 0.15) is 17.3 Å². The topological polar surface area (TPSA) is 74.3 Å². The first-order valence-corrected chi connectivity index (χ1v) is 5.87. The highest BCUT2D eigenvalue weighted by atomic mass is 16.5. The maximum atomic E-state index is 5.67. The summed E-state index contributed by atoms with van der Waals surface area (Å²) in [6, 6.07) is 7.23. The number of benzene rings is 1. The lowest BCUT2D eigenvalue weighted by atomic mass is 10.0. The molecule has 1 heterocycles. The molecule has 0 amide bonds. The van der Waals surface area contributed by atoms with Crippen LogP contribution >= 0.6 is 0 Å². The zero-order valence-electron chi connectivity index (χ0n) is 11.3. The number of hydrogen-bond donors (Lipinski definition) is 2. The molecule has 0 aliphatic heterocycles. The Labute approximate surface area is 112 Å². The van der Waals surface area contributed by atoms with Gasteiger partial charge in [-0.25, -0.2) is 5.43 Å². The number of rotatable bonds is 5. The molecular formula is C13H18N4O2. The van der Waals surface area contributed by atoms with Crippen molar-refractivity contribution >= 4 is 0 Å². The first-order chi connectivity index (χ1) is 9.19. The van der Waals surface area contributed by atoms with Crippen molar-refractivity contribution in [1.29, 1.82) is 0 Å². The van der Waals surface area contributed by atoms with E-state index in [-0.39, 0.29) is 6.04 Å². The van der Waals surface area contributed by atoms with E-state index in [2.05, 4.69) is 10.5 Å². The summed E-state index contributed by atoms with van der Waals surface area (Å²) in [5.74, 6) is 7.14. The van der Waals surface area contributed by atoms with Gasteiger partial charge >= 0.3 is 0 Å². The molecule has 2 aromatic rings. The number of methoxy groups -OCH3 is 2. The maximum absolute atomic E-state index is 5.67. The fourth-order valence-corrected chi connectivity index (χ4v) is 1.99. The van der Waals surface area contributed by atoms with Gasteiger partial charge in [-0.15, -0.1) is 0 Å². The van der Waals surface area contributed by atoms with Crippen LogP contribution in [-0.2, 0) is 7.05 Å². The summed E-state index contributed by atoms with van der Waals surface area (Å²) in [5.41, 5.74) is 4.46. The number of hydrogen-bond acceptors (Lipinski definition) is 5. The summed E-state index contributed by atoms with van der Waals surface area (Å²) in [4.78, 5) is 0. The van der Waals surface area contributed by atoms with Gasteiger partial charge in [-0.2, -0.15) is 5.10 Å². The van der Waals surface area contributed by atoms with E-state index in [0.717, 1.165) is 22.8 Å². The lowest BCUT2D eigenvalue weighted by Crippen LogP contribution is -2.29. The molecule has 6 heteroatoms. The molecule has 0 bridgehead atoms. The minimum atomic E-state index is -0.258. The van der Waals surface area contributed by atoms with E-state index >= 15 is 0 Å². The molecule has 0 radical (unpaired) electrons. The number of aryl methyl sites for hydroxylation is 1. The summed E-state index contributed by atoms with van der Waals surface area (Å²) >= 11 is 0. The summed E-state index contributed by atoms with van der Waals surface area (Å²) in [6.45, 7) is 0. The van der Waals surface area contributed by atoms with E-state index in [4.69, 9.17) is 15.3 Å². The molecule has 3 N–H and O–H groups in total. The maximum Gasteiger partial charge on any atom is 0.124 e. The van der Waals surface area contributed by atoms with Crippen LogP contribution in [0.3, 0.4) is 0 Å². The van der Waals surface area contributed by atoms with Crippen LogP contribution in [0, 0.1) is 0 Å². The predicted octanol–water partition coefficient (Wildman–Crippen LogP) is 0.990. The number of nitrogens with two attached hydrogens (primary N) is 1. The monoisotopic (exact) mass is 262 g/mol. The SMILES string of the molecule is COc1ccc(OC)c(C(NN)c2ccn(C)n2)c1. The third kappa shape index (κ3) is 2.69. The molecule has 19 heavy (non-hydrogen) atoms. The molecule has 0 saturated heterocycles.